The lowest BCUT2D eigenvalue weighted by Crippen LogP contribution is -2.14. The Labute approximate surface area is 91.4 Å². The molecule has 1 aromatic heterocycles. The molecule has 0 aliphatic carbocycles. The van der Waals surface area contributed by atoms with Gasteiger partial charge in [-0.3, -0.25) is 4.79 Å². The van der Waals surface area contributed by atoms with Crippen molar-refractivity contribution in [2.45, 2.75) is 6.43 Å². The molecular formula is C7H4BrClF2N2O. The van der Waals surface area contributed by atoms with E-state index < -0.39 is 18.0 Å². The van der Waals surface area contributed by atoms with Gasteiger partial charge in [-0.05, 0) is 22.0 Å². The van der Waals surface area contributed by atoms with Gasteiger partial charge in [0.15, 0.2) is 0 Å². The third-order valence-electron chi connectivity index (χ3n) is 1.40. The van der Waals surface area contributed by atoms with E-state index in [1.165, 1.54) is 6.07 Å². The summed E-state index contributed by atoms with van der Waals surface area (Å²) >= 11 is 8.44. The Balaban J connectivity index is 3.35. The zero-order chi connectivity index (χ0) is 10.9. The first-order chi connectivity index (χ1) is 6.43. The molecule has 1 heterocycles. The molecule has 0 spiro atoms. The Morgan fingerprint density at radius 2 is 2.21 bits per heavy atom. The molecule has 0 aliphatic heterocycles. The molecule has 0 fully saturated rings. The van der Waals surface area contributed by atoms with E-state index in [0.29, 0.717) is 0 Å². The van der Waals surface area contributed by atoms with Crippen LogP contribution in [0.2, 0.25) is 5.02 Å². The Morgan fingerprint density at radius 3 is 2.64 bits per heavy atom. The summed E-state index contributed by atoms with van der Waals surface area (Å²) in [6.45, 7) is 0. The maximum atomic E-state index is 12.3. The van der Waals surface area contributed by atoms with Crippen molar-refractivity contribution in [3.8, 4) is 0 Å². The van der Waals surface area contributed by atoms with Crippen LogP contribution in [-0.4, -0.2) is 10.9 Å². The van der Waals surface area contributed by atoms with Gasteiger partial charge in [-0.15, -0.1) is 0 Å². The third-order valence-corrected chi connectivity index (χ3v) is 2.65. The average molecular weight is 285 g/mol. The molecule has 0 radical (unpaired) electrons. The van der Waals surface area contributed by atoms with Crippen molar-refractivity contribution in [2.75, 3.05) is 0 Å². The van der Waals surface area contributed by atoms with Gasteiger partial charge in [0.1, 0.15) is 11.4 Å². The van der Waals surface area contributed by atoms with Gasteiger partial charge in [-0.25, -0.2) is 13.8 Å². The molecule has 0 aliphatic rings. The molecule has 0 bridgehead atoms. The summed E-state index contributed by atoms with van der Waals surface area (Å²) in [6, 6.07) is 1.19. The lowest BCUT2D eigenvalue weighted by atomic mass is 10.3. The average Bonchev–Trinajstić information content (AvgIpc) is 2.08. The van der Waals surface area contributed by atoms with Gasteiger partial charge < -0.3 is 5.73 Å². The predicted molar refractivity (Wildman–Crippen MR) is 50.4 cm³/mol. The number of carbonyl (C=O) groups is 1. The summed E-state index contributed by atoms with van der Waals surface area (Å²) in [6.07, 6.45) is -2.85. The first-order valence-electron chi connectivity index (χ1n) is 3.37. The molecule has 1 rings (SSSR count). The summed E-state index contributed by atoms with van der Waals surface area (Å²) in [4.78, 5) is 14.0. The van der Waals surface area contributed by atoms with E-state index in [0.717, 1.165) is 0 Å². The van der Waals surface area contributed by atoms with Gasteiger partial charge in [-0.1, -0.05) is 11.6 Å². The number of nitrogens with two attached hydrogens (primary N) is 1. The lowest BCUT2D eigenvalue weighted by molar-refractivity contribution is 0.0993. The van der Waals surface area contributed by atoms with Crippen LogP contribution in [0.1, 0.15) is 22.6 Å². The topological polar surface area (TPSA) is 56.0 Å². The van der Waals surface area contributed by atoms with Crippen molar-refractivity contribution >= 4 is 33.4 Å². The monoisotopic (exact) mass is 284 g/mol. The first-order valence-corrected chi connectivity index (χ1v) is 4.54. The Morgan fingerprint density at radius 1 is 1.64 bits per heavy atom. The van der Waals surface area contributed by atoms with Crippen LogP contribution in [0, 0.1) is 0 Å². The van der Waals surface area contributed by atoms with E-state index in [-0.39, 0.29) is 15.2 Å². The molecule has 0 unspecified atom stereocenters. The van der Waals surface area contributed by atoms with Crippen LogP contribution in [0.15, 0.2) is 10.5 Å². The second-order valence-electron chi connectivity index (χ2n) is 2.35. The van der Waals surface area contributed by atoms with Crippen molar-refractivity contribution in [1.82, 2.24) is 4.98 Å². The molecular weight excluding hydrogens is 281 g/mol. The maximum absolute atomic E-state index is 12.3. The van der Waals surface area contributed by atoms with E-state index in [4.69, 9.17) is 17.3 Å². The van der Waals surface area contributed by atoms with Crippen LogP contribution in [0.5, 0.6) is 0 Å². The molecule has 1 aromatic rings. The minimum Gasteiger partial charge on any atom is -0.364 e. The maximum Gasteiger partial charge on any atom is 0.281 e. The number of pyridine rings is 1. The van der Waals surface area contributed by atoms with E-state index in [1.54, 1.807) is 0 Å². The lowest BCUT2D eigenvalue weighted by Gasteiger charge is -2.05. The number of aromatic nitrogens is 1. The zero-order valence-corrected chi connectivity index (χ0v) is 8.94. The molecule has 0 saturated carbocycles. The summed E-state index contributed by atoms with van der Waals surface area (Å²) in [5.74, 6) is -0.885. The fourth-order valence-electron chi connectivity index (χ4n) is 0.788. The first kappa shape index (κ1) is 11.3. The summed E-state index contributed by atoms with van der Waals surface area (Å²) in [7, 11) is 0. The number of primary amides is 1. The zero-order valence-electron chi connectivity index (χ0n) is 6.60. The van der Waals surface area contributed by atoms with Gasteiger partial charge in [0.2, 0.25) is 0 Å². The minimum absolute atomic E-state index is 0.165. The molecule has 0 saturated heterocycles. The highest BCUT2D eigenvalue weighted by Gasteiger charge is 2.19. The van der Waals surface area contributed by atoms with Crippen LogP contribution in [0.3, 0.4) is 0 Å². The second kappa shape index (κ2) is 4.18. The number of amides is 1. The van der Waals surface area contributed by atoms with Gasteiger partial charge in [0, 0.05) is 4.47 Å². The van der Waals surface area contributed by atoms with E-state index >= 15 is 0 Å². The van der Waals surface area contributed by atoms with Crippen molar-refractivity contribution in [3.63, 3.8) is 0 Å². The number of hydrogen-bond donors (Lipinski definition) is 1. The number of rotatable bonds is 2. The largest absolute Gasteiger partial charge is 0.364 e. The van der Waals surface area contributed by atoms with Gasteiger partial charge in [-0.2, -0.15) is 0 Å². The van der Waals surface area contributed by atoms with Crippen LogP contribution < -0.4 is 5.73 Å². The quantitative estimate of drug-likeness (QED) is 0.908. The third kappa shape index (κ3) is 2.19. The van der Waals surface area contributed by atoms with Crippen LogP contribution in [0.25, 0.3) is 0 Å². The number of hydrogen-bond acceptors (Lipinski definition) is 2. The molecule has 0 aromatic carbocycles. The number of nitrogens with zero attached hydrogens (tertiary/aromatic N) is 1. The van der Waals surface area contributed by atoms with Crippen LogP contribution in [-0.2, 0) is 0 Å². The van der Waals surface area contributed by atoms with Crippen LogP contribution >= 0.6 is 27.5 Å². The summed E-state index contributed by atoms with van der Waals surface area (Å²) in [5.41, 5.74) is 3.98. The Hall–Kier alpha value is -0.750. The second-order valence-corrected chi connectivity index (χ2v) is 3.59. The van der Waals surface area contributed by atoms with E-state index in [2.05, 4.69) is 20.9 Å². The molecule has 7 heteroatoms. The molecule has 1 amide bonds. The smallest absolute Gasteiger partial charge is 0.281 e. The van der Waals surface area contributed by atoms with Gasteiger partial charge in [0.05, 0.1) is 5.02 Å². The van der Waals surface area contributed by atoms with E-state index in [9.17, 15) is 13.6 Å². The fraction of sp³-hybridized carbons (Fsp3) is 0.143. The molecule has 14 heavy (non-hydrogen) atoms. The van der Waals surface area contributed by atoms with Gasteiger partial charge in [0.25, 0.3) is 12.3 Å². The Bertz CT molecular complexity index is 386. The van der Waals surface area contributed by atoms with Crippen molar-refractivity contribution < 1.29 is 13.6 Å². The number of alkyl halides is 2. The van der Waals surface area contributed by atoms with Crippen molar-refractivity contribution in [2.24, 2.45) is 5.73 Å². The van der Waals surface area contributed by atoms with E-state index in [1.807, 2.05) is 0 Å². The highest BCUT2D eigenvalue weighted by atomic mass is 79.9. The van der Waals surface area contributed by atoms with Crippen molar-refractivity contribution in [3.05, 3.63) is 26.9 Å². The molecule has 2 N–H and O–H groups in total. The minimum atomic E-state index is -2.85. The summed E-state index contributed by atoms with van der Waals surface area (Å²) < 4.78 is 24.8. The standard InChI is InChI=1S/C7H4BrClF2N2O/c8-2-1-3(7(12)14)13-5(4(2)9)6(10)11/h1,6H,(H2,12,14). The molecule has 3 nitrogen and oxygen atoms in total. The van der Waals surface area contributed by atoms with Gasteiger partial charge >= 0.3 is 0 Å². The highest BCUT2D eigenvalue weighted by molar-refractivity contribution is 9.10. The Kier molecular flexibility index (Phi) is 3.38. The molecule has 0 atom stereocenters. The summed E-state index contributed by atoms with van der Waals surface area (Å²) in [5, 5.41) is -0.218. The SMILES string of the molecule is NC(=O)c1cc(Br)c(Cl)c(C(F)F)n1. The van der Waals surface area contributed by atoms with Crippen LogP contribution in [0.4, 0.5) is 8.78 Å². The highest BCUT2D eigenvalue weighted by Crippen LogP contribution is 2.31. The predicted octanol–water partition coefficient (Wildman–Crippen LogP) is 2.53. The molecule has 76 valence electrons. The normalized spacial score (nSPS) is 10.6. The number of carbonyl (C=O) groups excluding carboxylic acids is 1. The number of halogens is 4. The fourth-order valence-corrected chi connectivity index (χ4v) is 1.39. The van der Waals surface area contributed by atoms with Crippen molar-refractivity contribution in [1.29, 1.82) is 0 Å².